The molecule has 0 amide bonds. The molecule has 34 heavy (non-hydrogen) atoms. The van der Waals surface area contributed by atoms with E-state index < -0.39 is 5.97 Å². The topological polar surface area (TPSA) is 117 Å². The number of fused-ring (bicyclic) bond motifs is 1. The molecule has 0 radical (unpaired) electrons. The summed E-state index contributed by atoms with van der Waals surface area (Å²) in [6, 6.07) is 17.3. The van der Waals surface area contributed by atoms with E-state index in [0.717, 1.165) is 4.47 Å². The zero-order valence-electron chi connectivity index (χ0n) is 17.4. The minimum Gasteiger partial charge on any atom is -0.465 e. The van der Waals surface area contributed by atoms with Crippen LogP contribution in [0.3, 0.4) is 0 Å². The molecule has 0 saturated heterocycles. The van der Waals surface area contributed by atoms with Gasteiger partial charge in [0.2, 0.25) is 0 Å². The lowest BCUT2D eigenvalue weighted by Crippen LogP contribution is -2.18. The van der Waals surface area contributed by atoms with Gasteiger partial charge in [0, 0.05) is 28.4 Å². The molecule has 0 N–H and O–H groups in total. The number of tetrazole rings is 1. The normalized spacial score (nSPS) is 11.6. The molecule has 0 unspecified atom stereocenters. The van der Waals surface area contributed by atoms with Gasteiger partial charge in [0.1, 0.15) is 18.0 Å². The van der Waals surface area contributed by atoms with Crippen LogP contribution in [-0.4, -0.2) is 35.6 Å². The minimum atomic E-state index is -0.723. The van der Waals surface area contributed by atoms with Crippen LogP contribution < -0.4 is 5.56 Å². The molecule has 0 bridgehead atoms. The molecule has 0 saturated carbocycles. The molecular weight excluding hydrogens is 504 g/mol. The van der Waals surface area contributed by atoms with E-state index in [2.05, 4.69) is 36.4 Å². The first kappa shape index (κ1) is 21.5. The second kappa shape index (κ2) is 9.24. The molecule has 0 spiro atoms. The lowest BCUT2D eigenvalue weighted by atomic mass is 10.2. The van der Waals surface area contributed by atoms with Crippen LogP contribution in [0, 0.1) is 0 Å². The number of hydrogen-bond acceptors (Lipinski definition) is 8. The minimum absolute atomic E-state index is 0.0280. The van der Waals surface area contributed by atoms with Gasteiger partial charge in [-0.2, -0.15) is 4.68 Å². The number of halogens is 1. The Morgan fingerprint density at radius 2 is 1.97 bits per heavy atom. The van der Waals surface area contributed by atoms with Gasteiger partial charge in [-0.05, 0) is 50.6 Å². The summed E-state index contributed by atoms with van der Waals surface area (Å²) in [5.41, 5.74) is 1.18. The second-order valence-corrected chi connectivity index (χ2v) is 7.98. The molecule has 0 aliphatic heterocycles. The van der Waals surface area contributed by atoms with Gasteiger partial charge in [0.25, 0.3) is 5.56 Å². The van der Waals surface area contributed by atoms with Crippen molar-refractivity contribution in [2.24, 2.45) is 0 Å². The monoisotopic (exact) mass is 518 g/mol. The number of rotatable bonds is 6. The summed E-state index contributed by atoms with van der Waals surface area (Å²) in [6.45, 7) is -0.223. The molecule has 1 aromatic carbocycles. The van der Waals surface area contributed by atoms with Crippen LogP contribution >= 0.6 is 15.9 Å². The van der Waals surface area contributed by atoms with Gasteiger partial charge in [-0.15, -0.1) is 5.10 Å². The average Bonchev–Trinajstić information content (AvgIpc) is 3.54. The maximum atomic E-state index is 13.2. The first-order valence-corrected chi connectivity index (χ1v) is 10.8. The fourth-order valence-corrected chi connectivity index (χ4v) is 3.58. The van der Waals surface area contributed by atoms with Crippen molar-refractivity contribution in [1.82, 2.24) is 29.6 Å². The zero-order chi connectivity index (χ0) is 23.5. The fourth-order valence-electron chi connectivity index (χ4n) is 3.24. The van der Waals surface area contributed by atoms with E-state index in [4.69, 9.17) is 9.15 Å². The standard InChI is InChI=1S/C23H15BrN6O4/c24-16-8-9-20-25-17(11-21(31)29(20)13-16)14-34-23(32)19(12-18-7-4-10-33-18)30-22(26-27-28-30)15-5-2-1-3-6-15/h1-13H,14H2/b19-12+. The van der Waals surface area contributed by atoms with Crippen LogP contribution in [0.4, 0.5) is 0 Å². The van der Waals surface area contributed by atoms with Crippen molar-refractivity contribution < 1.29 is 13.9 Å². The largest absolute Gasteiger partial charge is 0.465 e. The molecule has 0 aliphatic carbocycles. The molecule has 11 heteroatoms. The van der Waals surface area contributed by atoms with E-state index in [9.17, 15) is 9.59 Å². The van der Waals surface area contributed by atoms with Crippen molar-refractivity contribution in [3.63, 3.8) is 0 Å². The molecule has 5 aromatic rings. The maximum absolute atomic E-state index is 13.2. The first-order valence-electron chi connectivity index (χ1n) is 10.0. The van der Waals surface area contributed by atoms with Crippen LogP contribution in [0.2, 0.25) is 0 Å². The fraction of sp³-hybridized carbons (Fsp3) is 0.0435. The summed E-state index contributed by atoms with van der Waals surface area (Å²) in [5.74, 6) is 0.0378. The van der Waals surface area contributed by atoms with Gasteiger partial charge in [0.15, 0.2) is 11.5 Å². The van der Waals surface area contributed by atoms with E-state index >= 15 is 0 Å². The number of ether oxygens (including phenoxy) is 1. The highest BCUT2D eigenvalue weighted by Gasteiger charge is 2.21. The van der Waals surface area contributed by atoms with Gasteiger partial charge in [-0.25, -0.2) is 9.78 Å². The molecule has 5 rings (SSSR count). The number of benzene rings is 1. The van der Waals surface area contributed by atoms with E-state index in [0.29, 0.717) is 28.5 Å². The first-order chi connectivity index (χ1) is 16.6. The highest BCUT2D eigenvalue weighted by molar-refractivity contribution is 9.10. The maximum Gasteiger partial charge on any atom is 0.357 e. The van der Waals surface area contributed by atoms with Gasteiger partial charge in [0.05, 0.1) is 12.0 Å². The van der Waals surface area contributed by atoms with Crippen molar-refractivity contribution in [3.8, 4) is 11.4 Å². The number of carbonyl (C=O) groups is 1. The zero-order valence-corrected chi connectivity index (χ0v) is 19.0. The van der Waals surface area contributed by atoms with Gasteiger partial charge in [-0.3, -0.25) is 9.20 Å². The summed E-state index contributed by atoms with van der Waals surface area (Å²) >= 11 is 3.33. The van der Waals surface area contributed by atoms with Crippen LogP contribution in [-0.2, 0) is 16.1 Å². The Hall–Kier alpha value is -4.38. The molecule has 4 heterocycles. The smallest absolute Gasteiger partial charge is 0.357 e. The lowest BCUT2D eigenvalue weighted by Gasteiger charge is -2.10. The van der Waals surface area contributed by atoms with Crippen molar-refractivity contribution in [3.05, 3.63) is 99.4 Å². The third-order valence-corrected chi connectivity index (χ3v) is 5.26. The average molecular weight is 519 g/mol. The number of esters is 1. The third-order valence-electron chi connectivity index (χ3n) is 4.79. The summed E-state index contributed by atoms with van der Waals surface area (Å²) in [4.78, 5) is 30.0. The van der Waals surface area contributed by atoms with Crippen LogP contribution in [0.1, 0.15) is 11.5 Å². The molecule has 168 valence electrons. The van der Waals surface area contributed by atoms with Gasteiger partial charge in [-0.1, -0.05) is 30.3 Å². The predicted octanol–water partition coefficient (Wildman–Crippen LogP) is 3.45. The van der Waals surface area contributed by atoms with Crippen LogP contribution in [0.5, 0.6) is 0 Å². The molecule has 0 fully saturated rings. The van der Waals surface area contributed by atoms with E-state index in [1.54, 1.807) is 30.5 Å². The Morgan fingerprint density at radius 1 is 1.12 bits per heavy atom. The Labute approximate surface area is 200 Å². The predicted molar refractivity (Wildman–Crippen MR) is 125 cm³/mol. The van der Waals surface area contributed by atoms with Crippen molar-refractivity contribution in [2.75, 3.05) is 0 Å². The number of carbonyl (C=O) groups excluding carboxylic acids is 1. The van der Waals surface area contributed by atoms with Gasteiger partial charge >= 0.3 is 5.97 Å². The Kier molecular flexibility index (Phi) is 5.83. The third kappa shape index (κ3) is 4.41. The van der Waals surface area contributed by atoms with Crippen LogP contribution in [0.15, 0.2) is 86.8 Å². The number of hydrogen-bond donors (Lipinski definition) is 0. The van der Waals surface area contributed by atoms with E-state index in [-0.39, 0.29) is 17.9 Å². The van der Waals surface area contributed by atoms with Gasteiger partial charge < -0.3 is 9.15 Å². The molecule has 10 nitrogen and oxygen atoms in total. The molecule has 4 aromatic heterocycles. The highest BCUT2D eigenvalue weighted by atomic mass is 79.9. The van der Waals surface area contributed by atoms with Crippen molar-refractivity contribution in [2.45, 2.75) is 6.61 Å². The lowest BCUT2D eigenvalue weighted by molar-refractivity contribution is -0.138. The number of aromatic nitrogens is 6. The highest BCUT2D eigenvalue weighted by Crippen LogP contribution is 2.21. The van der Waals surface area contributed by atoms with E-state index in [1.165, 1.54) is 27.5 Å². The Morgan fingerprint density at radius 3 is 2.76 bits per heavy atom. The number of pyridine rings is 1. The SMILES string of the molecule is O=C(OCc1cc(=O)n2cc(Br)ccc2n1)/C(=C\c1ccco1)n1nnnc1-c1ccccc1. The quantitative estimate of drug-likeness (QED) is 0.247. The Bertz CT molecular complexity index is 1560. The van der Waals surface area contributed by atoms with Crippen molar-refractivity contribution in [1.29, 1.82) is 0 Å². The van der Waals surface area contributed by atoms with Crippen molar-refractivity contribution >= 4 is 39.3 Å². The number of nitrogens with zero attached hydrogens (tertiary/aromatic N) is 6. The molecule has 0 atom stereocenters. The summed E-state index contributed by atoms with van der Waals surface area (Å²) in [5, 5.41) is 11.8. The summed E-state index contributed by atoms with van der Waals surface area (Å²) in [7, 11) is 0. The summed E-state index contributed by atoms with van der Waals surface area (Å²) < 4.78 is 14.3. The second-order valence-electron chi connectivity index (χ2n) is 7.06. The summed E-state index contributed by atoms with van der Waals surface area (Å²) in [6.07, 6.45) is 4.58. The molecular formula is C23H15BrN6O4. The number of furan rings is 1. The molecule has 0 aliphatic rings. The van der Waals surface area contributed by atoms with E-state index in [1.807, 2.05) is 30.3 Å². The Balaban J connectivity index is 1.46. The van der Waals surface area contributed by atoms with Crippen LogP contribution in [0.25, 0.3) is 28.8 Å².